The van der Waals surface area contributed by atoms with E-state index in [1.54, 1.807) is 6.07 Å². The van der Waals surface area contributed by atoms with Gasteiger partial charge in [-0.15, -0.1) is 0 Å². The summed E-state index contributed by atoms with van der Waals surface area (Å²) in [7, 11) is 0. The van der Waals surface area contributed by atoms with Crippen molar-refractivity contribution < 1.29 is 24.2 Å². The number of nitrogens with zero attached hydrogens (tertiary/aromatic N) is 1. The molecule has 4 rings (SSSR count). The van der Waals surface area contributed by atoms with Crippen LogP contribution in [0.25, 0.3) is 0 Å². The number of carbonyl (C=O) groups is 3. The van der Waals surface area contributed by atoms with E-state index < -0.39 is 11.9 Å². The lowest BCUT2D eigenvalue weighted by atomic mass is 9.63. The highest BCUT2D eigenvalue weighted by Gasteiger charge is 2.49. The van der Waals surface area contributed by atoms with Gasteiger partial charge in [0.2, 0.25) is 0 Å². The molecule has 0 unspecified atom stereocenters. The van der Waals surface area contributed by atoms with E-state index >= 15 is 0 Å². The quantitative estimate of drug-likeness (QED) is 0.461. The lowest BCUT2D eigenvalue weighted by Crippen LogP contribution is -2.45. The first kappa shape index (κ1) is 26.5. The van der Waals surface area contributed by atoms with Gasteiger partial charge in [0.05, 0.1) is 13.0 Å². The fourth-order valence-electron chi connectivity index (χ4n) is 5.92. The van der Waals surface area contributed by atoms with Crippen molar-refractivity contribution in [3.63, 3.8) is 0 Å². The second-order valence-corrected chi connectivity index (χ2v) is 12.3. The average Bonchev–Trinajstić information content (AvgIpc) is 2.74. The Morgan fingerprint density at radius 1 is 1.03 bits per heavy atom. The topological polar surface area (TPSA) is 83.9 Å². The number of hydrogen-bond donors (Lipinski definition) is 1. The van der Waals surface area contributed by atoms with E-state index in [1.807, 2.05) is 24.0 Å². The van der Waals surface area contributed by atoms with Gasteiger partial charge in [0.15, 0.2) is 11.6 Å². The molecule has 0 atom stereocenters. The minimum atomic E-state index is -0.908. The number of halogens is 1. The molecule has 6 nitrogen and oxygen atoms in total. The summed E-state index contributed by atoms with van der Waals surface area (Å²) >= 11 is 6.46. The van der Waals surface area contributed by atoms with Gasteiger partial charge < -0.3 is 14.7 Å². The van der Waals surface area contributed by atoms with Crippen molar-refractivity contribution in [2.75, 3.05) is 13.2 Å². The normalized spacial score (nSPS) is 21.4. The number of ketones is 2. The van der Waals surface area contributed by atoms with Crippen LogP contribution in [0.2, 0.25) is 5.02 Å². The smallest absolute Gasteiger partial charge is 0.305 e. The zero-order valence-corrected chi connectivity index (χ0v) is 22.6. The fourth-order valence-corrected chi connectivity index (χ4v) is 6.11. The van der Waals surface area contributed by atoms with Crippen molar-refractivity contribution in [3.8, 4) is 5.75 Å². The van der Waals surface area contributed by atoms with Gasteiger partial charge >= 0.3 is 5.97 Å². The standard InChI is InChI=1S/C29H36ClNO5/c1-6-11-36-23-8-7-17(30)12-18(23)25-26-19(13-28(2,3)15-21(26)32)31(10-9-24(34)35)20-14-29(4,5)16-22(33)27(20)25/h7-8,12,25H,6,9-11,13-16H2,1-5H3,(H,34,35). The molecule has 0 saturated carbocycles. The maximum Gasteiger partial charge on any atom is 0.305 e. The first-order valence-corrected chi connectivity index (χ1v) is 13.2. The molecule has 0 bridgehead atoms. The molecular formula is C29H36ClNO5. The predicted octanol–water partition coefficient (Wildman–Crippen LogP) is 6.29. The van der Waals surface area contributed by atoms with Crippen molar-refractivity contribution >= 4 is 29.1 Å². The van der Waals surface area contributed by atoms with E-state index in [0.29, 0.717) is 54.2 Å². The number of allylic oxidation sites excluding steroid dienone is 4. The molecule has 1 aliphatic heterocycles. The summed E-state index contributed by atoms with van der Waals surface area (Å²) in [6.07, 6.45) is 2.72. The predicted molar refractivity (Wildman–Crippen MR) is 139 cm³/mol. The second-order valence-electron chi connectivity index (χ2n) is 11.9. The third kappa shape index (κ3) is 5.10. The highest BCUT2D eigenvalue weighted by atomic mass is 35.5. The van der Waals surface area contributed by atoms with Crippen LogP contribution < -0.4 is 4.74 Å². The molecule has 2 aliphatic carbocycles. The molecule has 194 valence electrons. The molecule has 1 aromatic rings. The van der Waals surface area contributed by atoms with Gasteiger partial charge in [-0.05, 0) is 48.3 Å². The number of carbonyl (C=O) groups excluding carboxylic acids is 2. The van der Waals surface area contributed by atoms with Gasteiger partial charge in [0, 0.05) is 58.4 Å². The molecule has 3 aliphatic rings. The monoisotopic (exact) mass is 513 g/mol. The number of carboxylic acids is 1. The van der Waals surface area contributed by atoms with Crippen LogP contribution in [0, 0.1) is 10.8 Å². The molecule has 0 radical (unpaired) electrons. The molecule has 1 N–H and O–H groups in total. The Morgan fingerprint density at radius 2 is 1.58 bits per heavy atom. The Balaban J connectivity index is 2.01. The largest absolute Gasteiger partial charge is 0.493 e. The molecule has 0 spiro atoms. The summed E-state index contributed by atoms with van der Waals surface area (Å²) in [5, 5.41) is 10.0. The van der Waals surface area contributed by atoms with E-state index in [0.717, 1.165) is 23.4 Å². The van der Waals surface area contributed by atoms with E-state index in [1.165, 1.54) is 0 Å². The highest BCUT2D eigenvalue weighted by molar-refractivity contribution is 6.30. The van der Waals surface area contributed by atoms with Crippen molar-refractivity contribution in [1.82, 2.24) is 4.90 Å². The number of aliphatic carboxylic acids is 1. The Hall–Kier alpha value is -2.60. The Kier molecular flexibility index (Phi) is 7.13. The molecule has 0 amide bonds. The maximum atomic E-state index is 13.8. The highest BCUT2D eigenvalue weighted by Crippen LogP contribution is 2.55. The lowest BCUT2D eigenvalue weighted by Gasteiger charge is -2.49. The number of rotatable bonds is 7. The Bertz CT molecular complexity index is 1120. The summed E-state index contributed by atoms with van der Waals surface area (Å²) in [5.74, 6) is -0.864. The minimum Gasteiger partial charge on any atom is -0.493 e. The van der Waals surface area contributed by atoms with Gasteiger partial charge in [-0.2, -0.15) is 0 Å². The van der Waals surface area contributed by atoms with Gasteiger partial charge in [-0.25, -0.2) is 0 Å². The number of Topliss-reactive ketones (excluding diaryl/α,β-unsaturated/α-hetero) is 2. The summed E-state index contributed by atoms with van der Waals surface area (Å²) in [6, 6.07) is 5.40. The second kappa shape index (κ2) is 9.70. The van der Waals surface area contributed by atoms with Crippen molar-refractivity contribution in [1.29, 1.82) is 0 Å². The molecular weight excluding hydrogens is 478 g/mol. The lowest BCUT2D eigenvalue weighted by molar-refractivity contribution is -0.137. The van der Waals surface area contributed by atoms with E-state index in [-0.39, 0.29) is 35.4 Å². The Labute approximate surface area is 218 Å². The first-order chi connectivity index (χ1) is 16.8. The summed E-state index contributed by atoms with van der Waals surface area (Å²) < 4.78 is 6.09. The van der Waals surface area contributed by atoms with Crippen molar-refractivity contribution in [2.24, 2.45) is 10.8 Å². The molecule has 0 aromatic heterocycles. The molecule has 7 heteroatoms. The van der Waals surface area contributed by atoms with Gasteiger partial charge in [-0.1, -0.05) is 46.2 Å². The molecule has 36 heavy (non-hydrogen) atoms. The van der Waals surface area contributed by atoms with Crippen LogP contribution >= 0.6 is 11.6 Å². The average molecular weight is 514 g/mol. The maximum absolute atomic E-state index is 13.8. The van der Waals surface area contributed by atoms with E-state index in [2.05, 4.69) is 27.7 Å². The zero-order chi connectivity index (χ0) is 26.4. The third-order valence-corrected chi connectivity index (χ3v) is 7.55. The number of ether oxygens (including phenoxy) is 1. The zero-order valence-electron chi connectivity index (χ0n) is 21.9. The summed E-state index contributed by atoms with van der Waals surface area (Å²) in [4.78, 5) is 41.2. The SMILES string of the molecule is CCCOc1ccc(Cl)cc1C1C2=C(CC(C)(C)CC2=O)N(CCC(=O)O)C2=C1C(=O)CC(C)(C)C2. The molecule has 1 heterocycles. The molecule has 1 aromatic carbocycles. The third-order valence-electron chi connectivity index (χ3n) is 7.32. The van der Waals surface area contributed by atoms with Gasteiger partial charge in [0.25, 0.3) is 0 Å². The van der Waals surface area contributed by atoms with Crippen LogP contribution in [-0.2, 0) is 14.4 Å². The van der Waals surface area contributed by atoms with Crippen molar-refractivity contribution in [2.45, 2.75) is 79.1 Å². The summed E-state index contributed by atoms with van der Waals surface area (Å²) in [6.45, 7) is 11.0. The van der Waals surface area contributed by atoms with Crippen LogP contribution in [0.3, 0.4) is 0 Å². The number of hydrogen-bond acceptors (Lipinski definition) is 5. The molecule has 0 fully saturated rings. The van der Waals surface area contributed by atoms with Crippen molar-refractivity contribution in [3.05, 3.63) is 51.3 Å². The van der Waals surface area contributed by atoms with Crippen LogP contribution in [0.4, 0.5) is 0 Å². The Morgan fingerprint density at radius 3 is 2.08 bits per heavy atom. The number of carboxylic acid groups (broad SMARTS) is 1. The first-order valence-electron chi connectivity index (χ1n) is 12.8. The minimum absolute atomic E-state index is 0.00262. The van der Waals surface area contributed by atoms with Crippen LogP contribution in [0.1, 0.15) is 84.6 Å². The van der Waals surface area contributed by atoms with E-state index in [9.17, 15) is 19.5 Å². The van der Waals surface area contributed by atoms with Gasteiger partial charge in [-0.3, -0.25) is 14.4 Å². The van der Waals surface area contributed by atoms with E-state index in [4.69, 9.17) is 16.3 Å². The van der Waals surface area contributed by atoms with Crippen LogP contribution in [0.5, 0.6) is 5.75 Å². The van der Waals surface area contributed by atoms with Gasteiger partial charge in [0.1, 0.15) is 5.75 Å². The number of benzene rings is 1. The fraction of sp³-hybridized carbons (Fsp3) is 0.552. The molecule has 0 saturated heterocycles. The van der Waals surface area contributed by atoms with Crippen LogP contribution in [-0.4, -0.2) is 40.7 Å². The summed E-state index contributed by atoms with van der Waals surface area (Å²) in [5.41, 5.74) is 3.05. The van der Waals surface area contributed by atoms with Crippen LogP contribution in [0.15, 0.2) is 40.7 Å².